The monoisotopic (exact) mass is 519 g/mol. The number of hydrogen-bond acceptors (Lipinski definition) is 9. The standard InChI is InChI=1S/C21H17ClF3NO9/c1-11(20(29)32-2)34-19(28)10-33-9-17(27)14-8-13(4-5-16(14)26(30)31)35-18-6-3-12(7-15(18)22)21(23,24)25/h3-8,11H,9-10H2,1-2H3. The van der Waals surface area contributed by atoms with E-state index in [1.54, 1.807) is 0 Å². The highest BCUT2D eigenvalue weighted by Gasteiger charge is 2.31. The molecule has 0 amide bonds. The average Bonchev–Trinajstić information content (AvgIpc) is 2.78. The molecule has 0 saturated carbocycles. The van der Waals surface area contributed by atoms with Crippen molar-refractivity contribution in [2.24, 2.45) is 0 Å². The van der Waals surface area contributed by atoms with E-state index in [1.807, 2.05) is 0 Å². The Kier molecular flexibility index (Phi) is 9.14. The van der Waals surface area contributed by atoms with Crippen LogP contribution in [0.1, 0.15) is 22.8 Å². The van der Waals surface area contributed by atoms with E-state index in [0.717, 1.165) is 37.4 Å². The Balaban J connectivity index is 2.13. The summed E-state index contributed by atoms with van der Waals surface area (Å²) < 4.78 is 57.8. The van der Waals surface area contributed by atoms with Gasteiger partial charge in [0.15, 0.2) is 11.9 Å². The van der Waals surface area contributed by atoms with Crippen molar-refractivity contribution in [3.05, 3.63) is 62.7 Å². The van der Waals surface area contributed by atoms with E-state index in [9.17, 15) is 37.7 Å². The zero-order chi connectivity index (χ0) is 26.3. The molecule has 0 radical (unpaired) electrons. The van der Waals surface area contributed by atoms with E-state index in [-0.39, 0.29) is 16.5 Å². The predicted octanol–water partition coefficient (Wildman–Crippen LogP) is 4.36. The molecule has 0 N–H and O–H groups in total. The minimum absolute atomic E-state index is 0.132. The zero-order valence-corrected chi connectivity index (χ0v) is 18.8. The first-order valence-corrected chi connectivity index (χ1v) is 9.92. The lowest BCUT2D eigenvalue weighted by atomic mass is 10.1. The quantitative estimate of drug-likeness (QED) is 0.194. The van der Waals surface area contributed by atoms with Crippen molar-refractivity contribution in [2.75, 3.05) is 20.3 Å². The number of hydrogen-bond donors (Lipinski definition) is 0. The molecule has 35 heavy (non-hydrogen) atoms. The van der Waals surface area contributed by atoms with Gasteiger partial charge in [-0.3, -0.25) is 14.9 Å². The second-order valence-corrected chi connectivity index (χ2v) is 7.16. The molecule has 2 rings (SSSR count). The van der Waals surface area contributed by atoms with Gasteiger partial charge in [0, 0.05) is 6.07 Å². The molecule has 0 fully saturated rings. The van der Waals surface area contributed by atoms with Gasteiger partial charge in [0.05, 0.1) is 22.6 Å². The van der Waals surface area contributed by atoms with E-state index >= 15 is 0 Å². The van der Waals surface area contributed by atoms with Crippen LogP contribution in [-0.4, -0.2) is 49.1 Å². The normalized spacial score (nSPS) is 11.9. The first-order chi connectivity index (χ1) is 16.3. The number of nitro groups is 1. The Bertz CT molecular complexity index is 1140. The maximum Gasteiger partial charge on any atom is 0.416 e. The molecule has 0 spiro atoms. The van der Waals surface area contributed by atoms with Crippen LogP contribution in [0.5, 0.6) is 11.5 Å². The van der Waals surface area contributed by atoms with E-state index < -0.39 is 65.0 Å². The molecule has 14 heteroatoms. The molecule has 0 aliphatic rings. The lowest BCUT2D eigenvalue weighted by molar-refractivity contribution is -0.385. The van der Waals surface area contributed by atoms with Crippen LogP contribution < -0.4 is 4.74 Å². The second kappa shape index (κ2) is 11.6. The van der Waals surface area contributed by atoms with Crippen LogP contribution in [0.15, 0.2) is 36.4 Å². The molecule has 0 bridgehead atoms. The molecule has 0 aromatic heterocycles. The van der Waals surface area contributed by atoms with Crippen molar-refractivity contribution in [1.82, 2.24) is 0 Å². The number of esters is 2. The van der Waals surface area contributed by atoms with Crippen LogP contribution >= 0.6 is 11.6 Å². The summed E-state index contributed by atoms with van der Waals surface area (Å²) in [5.74, 6) is -3.03. The third-order valence-electron chi connectivity index (χ3n) is 4.25. The van der Waals surface area contributed by atoms with Gasteiger partial charge in [-0.25, -0.2) is 9.59 Å². The van der Waals surface area contributed by atoms with Crippen LogP contribution in [0.4, 0.5) is 18.9 Å². The first-order valence-electron chi connectivity index (χ1n) is 9.54. The highest BCUT2D eigenvalue weighted by Crippen LogP contribution is 2.37. The van der Waals surface area contributed by atoms with Gasteiger partial charge in [0.25, 0.3) is 5.69 Å². The summed E-state index contributed by atoms with van der Waals surface area (Å²) in [6, 6.07) is 5.38. The van der Waals surface area contributed by atoms with Crippen molar-refractivity contribution < 1.29 is 51.4 Å². The highest BCUT2D eigenvalue weighted by molar-refractivity contribution is 6.32. The molecular weight excluding hydrogens is 503 g/mol. The van der Waals surface area contributed by atoms with Gasteiger partial charge in [0.1, 0.15) is 30.3 Å². The van der Waals surface area contributed by atoms with E-state index in [1.165, 1.54) is 6.92 Å². The van der Waals surface area contributed by atoms with Gasteiger partial charge in [-0.05, 0) is 37.3 Å². The lowest BCUT2D eigenvalue weighted by Gasteiger charge is -2.12. The Morgan fingerprint density at radius 2 is 1.80 bits per heavy atom. The van der Waals surface area contributed by atoms with Gasteiger partial charge in [-0.2, -0.15) is 13.2 Å². The summed E-state index contributed by atoms with van der Waals surface area (Å²) in [5, 5.41) is 10.9. The molecule has 1 unspecified atom stereocenters. The number of methoxy groups -OCH3 is 1. The SMILES string of the molecule is COC(=O)C(C)OC(=O)COCC(=O)c1cc(Oc2ccc(C(F)(F)F)cc2Cl)ccc1[N+](=O)[O-]. The van der Waals surface area contributed by atoms with Gasteiger partial charge < -0.3 is 18.9 Å². The minimum Gasteiger partial charge on any atom is -0.466 e. The Morgan fingerprint density at radius 1 is 1.11 bits per heavy atom. The molecular formula is C21H17ClF3NO9. The summed E-state index contributed by atoms with van der Waals surface area (Å²) in [4.78, 5) is 45.9. The molecule has 188 valence electrons. The van der Waals surface area contributed by atoms with Crippen LogP contribution in [-0.2, 0) is 30.0 Å². The van der Waals surface area contributed by atoms with Crippen molar-refractivity contribution in [1.29, 1.82) is 0 Å². The highest BCUT2D eigenvalue weighted by atomic mass is 35.5. The largest absolute Gasteiger partial charge is 0.466 e. The number of nitro benzene ring substituents is 1. The van der Waals surface area contributed by atoms with E-state index in [2.05, 4.69) is 4.74 Å². The van der Waals surface area contributed by atoms with Gasteiger partial charge >= 0.3 is 18.1 Å². The van der Waals surface area contributed by atoms with Crippen molar-refractivity contribution >= 4 is 35.0 Å². The first kappa shape index (κ1) is 27.5. The summed E-state index contributed by atoms with van der Waals surface area (Å²) in [6.45, 7) is -0.252. The van der Waals surface area contributed by atoms with Crippen LogP contribution in [0.2, 0.25) is 5.02 Å². The molecule has 1 atom stereocenters. The molecule has 0 aliphatic carbocycles. The molecule has 2 aromatic rings. The smallest absolute Gasteiger partial charge is 0.416 e. The third-order valence-corrected chi connectivity index (χ3v) is 4.54. The third kappa shape index (κ3) is 7.65. The molecule has 0 heterocycles. The Morgan fingerprint density at radius 3 is 2.37 bits per heavy atom. The number of carbonyl (C=O) groups excluding carboxylic acids is 3. The number of carbonyl (C=O) groups is 3. The van der Waals surface area contributed by atoms with Crippen molar-refractivity contribution in [2.45, 2.75) is 19.2 Å². The fourth-order valence-electron chi connectivity index (χ4n) is 2.60. The summed E-state index contributed by atoms with van der Waals surface area (Å²) in [6.07, 6.45) is -5.84. The number of ketones is 1. The van der Waals surface area contributed by atoms with E-state index in [0.29, 0.717) is 6.07 Å². The lowest BCUT2D eigenvalue weighted by Crippen LogP contribution is -2.27. The Hall–Kier alpha value is -3.71. The summed E-state index contributed by atoms with van der Waals surface area (Å²) >= 11 is 5.84. The molecule has 0 aliphatic heterocycles. The summed E-state index contributed by atoms with van der Waals surface area (Å²) in [7, 11) is 1.10. The topological polar surface area (TPSA) is 131 Å². The predicted molar refractivity (Wildman–Crippen MR) is 112 cm³/mol. The number of halogens is 4. The maximum atomic E-state index is 12.8. The molecule has 10 nitrogen and oxygen atoms in total. The minimum atomic E-state index is -4.63. The van der Waals surface area contributed by atoms with Gasteiger partial charge in [-0.15, -0.1) is 0 Å². The molecule has 0 saturated heterocycles. The zero-order valence-electron chi connectivity index (χ0n) is 18.1. The summed E-state index contributed by atoms with van der Waals surface area (Å²) in [5.41, 5.74) is -2.07. The van der Waals surface area contributed by atoms with Gasteiger partial charge in [-0.1, -0.05) is 11.6 Å². The van der Waals surface area contributed by atoms with Crippen molar-refractivity contribution in [3.8, 4) is 11.5 Å². The molecule has 2 aromatic carbocycles. The number of benzene rings is 2. The fourth-order valence-corrected chi connectivity index (χ4v) is 2.82. The number of rotatable bonds is 10. The number of alkyl halides is 3. The van der Waals surface area contributed by atoms with Crippen LogP contribution in [0.25, 0.3) is 0 Å². The number of Topliss-reactive ketones (excluding diaryl/α,β-unsaturated/α-hetero) is 1. The van der Waals surface area contributed by atoms with E-state index in [4.69, 9.17) is 25.8 Å². The van der Waals surface area contributed by atoms with Crippen molar-refractivity contribution in [3.63, 3.8) is 0 Å². The fraction of sp³-hybridized carbons (Fsp3) is 0.286. The number of nitrogens with zero attached hydrogens (tertiary/aromatic N) is 1. The Labute approximate surface area is 200 Å². The second-order valence-electron chi connectivity index (χ2n) is 6.75. The average molecular weight is 520 g/mol. The van der Waals surface area contributed by atoms with Crippen LogP contribution in [0.3, 0.4) is 0 Å². The number of ether oxygens (including phenoxy) is 4. The van der Waals surface area contributed by atoms with Gasteiger partial charge in [0.2, 0.25) is 0 Å². The maximum absolute atomic E-state index is 12.8. The van der Waals surface area contributed by atoms with Crippen LogP contribution in [0, 0.1) is 10.1 Å².